The van der Waals surface area contributed by atoms with Gasteiger partial charge in [0.25, 0.3) is 15.9 Å². The van der Waals surface area contributed by atoms with E-state index in [2.05, 4.69) is 20.0 Å². The molecule has 0 bridgehead atoms. The van der Waals surface area contributed by atoms with Crippen LogP contribution in [-0.2, 0) is 16.6 Å². The number of aromatic amines is 1. The fraction of sp³-hybridized carbons (Fsp3) is 0.130. The van der Waals surface area contributed by atoms with Crippen molar-refractivity contribution in [2.45, 2.75) is 18.4 Å². The molecule has 2 aromatic heterocycles. The van der Waals surface area contributed by atoms with Gasteiger partial charge in [-0.25, -0.2) is 8.42 Å². The zero-order valence-electron chi connectivity index (χ0n) is 17.5. The number of H-pyrrole nitrogens is 1. The van der Waals surface area contributed by atoms with E-state index in [9.17, 15) is 13.2 Å². The van der Waals surface area contributed by atoms with Gasteiger partial charge >= 0.3 is 0 Å². The molecule has 2 aromatic carbocycles. The molecule has 0 aliphatic carbocycles. The van der Waals surface area contributed by atoms with Gasteiger partial charge in [-0.2, -0.15) is 0 Å². The fourth-order valence-electron chi connectivity index (χ4n) is 3.20. The molecule has 0 atom stereocenters. The average Bonchev–Trinajstić information content (AvgIpc) is 3.23. The molecule has 9 heteroatoms. The third-order valence-electron chi connectivity index (χ3n) is 5.04. The van der Waals surface area contributed by atoms with Crippen LogP contribution in [0.3, 0.4) is 0 Å². The highest BCUT2D eigenvalue weighted by Gasteiger charge is 2.16. The van der Waals surface area contributed by atoms with Crippen molar-refractivity contribution >= 4 is 32.5 Å². The van der Waals surface area contributed by atoms with Crippen molar-refractivity contribution in [1.82, 2.24) is 15.3 Å². The summed E-state index contributed by atoms with van der Waals surface area (Å²) in [4.78, 5) is 19.6. The van der Waals surface area contributed by atoms with Gasteiger partial charge in [0.1, 0.15) is 11.4 Å². The molecule has 2 heterocycles. The molecule has 1 amide bonds. The normalized spacial score (nSPS) is 11.3. The SMILES string of the molecule is COc1ccc(C)c(NS(=O)(=O)c2ccc(CNC(=O)c3cc4cnccc4[nH]3)cc2)c1. The van der Waals surface area contributed by atoms with Gasteiger partial charge in [0.2, 0.25) is 0 Å². The smallest absolute Gasteiger partial charge is 0.267 e. The first-order valence-corrected chi connectivity index (χ1v) is 11.3. The Hall–Kier alpha value is -3.85. The number of aromatic nitrogens is 2. The maximum Gasteiger partial charge on any atom is 0.267 e. The zero-order valence-corrected chi connectivity index (χ0v) is 18.4. The number of ether oxygens (including phenoxy) is 1. The number of sulfonamides is 1. The Labute approximate surface area is 185 Å². The number of pyridine rings is 1. The minimum absolute atomic E-state index is 0.123. The number of hydrogen-bond acceptors (Lipinski definition) is 5. The summed E-state index contributed by atoms with van der Waals surface area (Å²) in [6.07, 6.45) is 3.34. The summed E-state index contributed by atoms with van der Waals surface area (Å²) < 4.78 is 33.3. The lowest BCUT2D eigenvalue weighted by atomic mass is 10.2. The zero-order chi connectivity index (χ0) is 22.7. The molecule has 0 spiro atoms. The van der Waals surface area contributed by atoms with Crippen molar-refractivity contribution in [1.29, 1.82) is 0 Å². The molecule has 0 aliphatic rings. The number of aryl methyl sites for hydroxylation is 1. The number of hydrogen-bond donors (Lipinski definition) is 3. The van der Waals surface area contributed by atoms with E-state index in [1.165, 1.54) is 19.2 Å². The van der Waals surface area contributed by atoms with E-state index < -0.39 is 10.0 Å². The summed E-state index contributed by atoms with van der Waals surface area (Å²) in [5, 5.41) is 3.68. The average molecular weight is 451 g/mol. The predicted octanol–water partition coefficient (Wildman–Crippen LogP) is 3.61. The standard InChI is InChI=1S/C23H22N4O4S/c1-15-3-6-18(31-2)12-21(15)27-32(29,30)19-7-4-16(5-8-19)13-25-23(28)22-11-17-14-24-10-9-20(17)26-22/h3-12,14,26-27H,13H2,1-2H3,(H,25,28). The summed E-state index contributed by atoms with van der Waals surface area (Å²) in [6.45, 7) is 2.07. The molecule has 3 N–H and O–H groups in total. The lowest BCUT2D eigenvalue weighted by molar-refractivity contribution is 0.0946. The molecule has 0 aliphatic heterocycles. The number of rotatable bonds is 7. The van der Waals surface area contributed by atoms with Gasteiger partial charge in [0.15, 0.2) is 0 Å². The lowest BCUT2D eigenvalue weighted by Crippen LogP contribution is -2.23. The molecule has 0 radical (unpaired) electrons. The number of anilines is 1. The van der Waals surface area contributed by atoms with Crippen molar-refractivity contribution in [3.63, 3.8) is 0 Å². The Bertz CT molecular complexity index is 1350. The van der Waals surface area contributed by atoms with Crippen molar-refractivity contribution in [3.8, 4) is 5.75 Å². The van der Waals surface area contributed by atoms with E-state index in [0.717, 1.165) is 22.0 Å². The number of fused-ring (bicyclic) bond motifs is 1. The second-order valence-corrected chi connectivity index (χ2v) is 8.94. The molecule has 8 nitrogen and oxygen atoms in total. The van der Waals surface area contributed by atoms with Crippen LogP contribution in [0.15, 0.2) is 71.9 Å². The molecule has 0 fully saturated rings. The first-order valence-electron chi connectivity index (χ1n) is 9.83. The molecule has 0 unspecified atom stereocenters. The van der Waals surface area contributed by atoms with Gasteiger partial charge in [-0.3, -0.25) is 14.5 Å². The summed E-state index contributed by atoms with van der Waals surface area (Å²) in [7, 11) is -2.25. The van der Waals surface area contributed by atoms with Crippen LogP contribution in [0.1, 0.15) is 21.6 Å². The number of nitrogens with zero attached hydrogens (tertiary/aromatic N) is 1. The highest BCUT2D eigenvalue weighted by molar-refractivity contribution is 7.92. The fourth-order valence-corrected chi connectivity index (χ4v) is 4.32. The van der Waals surface area contributed by atoms with Crippen LogP contribution in [0.25, 0.3) is 10.9 Å². The third kappa shape index (κ3) is 4.57. The van der Waals surface area contributed by atoms with E-state index in [1.54, 1.807) is 54.9 Å². The highest BCUT2D eigenvalue weighted by Crippen LogP contribution is 2.24. The second kappa shape index (κ2) is 8.72. The van der Waals surface area contributed by atoms with Gasteiger partial charge in [0.05, 0.1) is 17.7 Å². The van der Waals surface area contributed by atoms with Crippen molar-refractivity contribution < 1.29 is 17.9 Å². The largest absolute Gasteiger partial charge is 0.497 e. The monoisotopic (exact) mass is 450 g/mol. The van der Waals surface area contributed by atoms with E-state index >= 15 is 0 Å². The van der Waals surface area contributed by atoms with Crippen LogP contribution in [0.4, 0.5) is 5.69 Å². The Balaban J connectivity index is 1.42. The first kappa shape index (κ1) is 21.4. The molecule has 4 aromatic rings. The van der Waals surface area contributed by atoms with Crippen LogP contribution in [0, 0.1) is 6.92 Å². The minimum Gasteiger partial charge on any atom is -0.497 e. The summed E-state index contributed by atoms with van der Waals surface area (Å²) in [5.74, 6) is 0.304. The number of carbonyl (C=O) groups excluding carboxylic acids is 1. The molecular weight excluding hydrogens is 428 g/mol. The van der Waals surface area contributed by atoms with E-state index in [4.69, 9.17) is 4.74 Å². The second-order valence-electron chi connectivity index (χ2n) is 7.26. The number of carbonyl (C=O) groups is 1. The van der Waals surface area contributed by atoms with E-state index in [-0.39, 0.29) is 17.3 Å². The van der Waals surface area contributed by atoms with Crippen LogP contribution >= 0.6 is 0 Å². The number of benzene rings is 2. The van der Waals surface area contributed by atoms with Gasteiger partial charge in [-0.15, -0.1) is 0 Å². The predicted molar refractivity (Wildman–Crippen MR) is 122 cm³/mol. The summed E-state index contributed by atoms with van der Waals surface area (Å²) in [5.41, 5.74) is 3.27. The van der Waals surface area contributed by atoms with Crippen LogP contribution in [0.5, 0.6) is 5.75 Å². The first-order chi connectivity index (χ1) is 15.4. The van der Waals surface area contributed by atoms with E-state index in [0.29, 0.717) is 17.1 Å². The van der Waals surface area contributed by atoms with Crippen molar-refractivity contribution in [2.75, 3.05) is 11.8 Å². The molecule has 32 heavy (non-hydrogen) atoms. The number of amides is 1. The Kier molecular flexibility index (Phi) is 5.83. The Morgan fingerprint density at radius 2 is 1.88 bits per heavy atom. The minimum atomic E-state index is -3.77. The number of nitrogens with one attached hydrogen (secondary N) is 3. The van der Waals surface area contributed by atoms with Gasteiger partial charge in [-0.05, 0) is 48.4 Å². The molecular formula is C23H22N4O4S. The van der Waals surface area contributed by atoms with E-state index in [1.807, 2.05) is 6.92 Å². The maximum atomic E-state index is 12.8. The van der Waals surface area contributed by atoms with Gasteiger partial charge < -0.3 is 15.0 Å². The quantitative estimate of drug-likeness (QED) is 0.398. The Morgan fingerprint density at radius 1 is 1.09 bits per heavy atom. The Morgan fingerprint density at radius 3 is 2.59 bits per heavy atom. The molecule has 0 saturated carbocycles. The number of methoxy groups -OCH3 is 1. The summed E-state index contributed by atoms with van der Waals surface area (Å²) in [6, 6.07) is 15.1. The third-order valence-corrected chi connectivity index (χ3v) is 6.42. The van der Waals surface area contributed by atoms with Crippen LogP contribution in [-0.4, -0.2) is 31.4 Å². The summed E-state index contributed by atoms with van der Waals surface area (Å²) >= 11 is 0. The molecule has 164 valence electrons. The molecule has 0 saturated heterocycles. The van der Waals surface area contributed by atoms with Gasteiger partial charge in [-0.1, -0.05) is 18.2 Å². The van der Waals surface area contributed by atoms with Crippen molar-refractivity contribution in [3.05, 3.63) is 83.8 Å². The van der Waals surface area contributed by atoms with Crippen LogP contribution in [0.2, 0.25) is 0 Å². The van der Waals surface area contributed by atoms with Crippen molar-refractivity contribution in [2.24, 2.45) is 0 Å². The van der Waals surface area contributed by atoms with Gasteiger partial charge in [0, 0.05) is 35.9 Å². The maximum absolute atomic E-state index is 12.8. The lowest BCUT2D eigenvalue weighted by Gasteiger charge is -2.12. The van der Waals surface area contributed by atoms with Crippen LogP contribution < -0.4 is 14.8 Å². The highest BCUT2D eigenvalue weighted by atomic mass is 32.2. The topological polar surface area (TPSA) is 113 Å². The molecule has 4 rings (SSSR count).